The number of pyridine rings is 1. The van der Waals surface area contributed by atoms with E-state index in [9.17, 15) is 14.7 Å². The lowest BCUT2D eigenvalue weighted by Crippen LogP contribution is -2.45. The molecule has 3 heterocycles. The topological polar surface area (TPSA) is 79.7 Å². The number of likely N-dealkylation sites (tertiary alicyclic amines) is 1. The van der Waals surface area contributed by atoms with Gasteiger partial charge < -0.3 is 14.7 Å². The molecule has 0 unspecified atom stereocenters. The van der Waals surface area contributed by atoms with Crippen molar-refractivity contribution in [3.05, 3.63) is 41.6 Å². The lowest BCUT2D eigenvalue weighted by atomic mass is 9.74. The lowest BCUT2D eigenvalue weighted by Gasteiger charge is -2.33. The maximum absolute atomic E-state index is 13.2. The molecule has 2 aliphatic heterocycles. The second kappa shape index (κ2) is 5.81. The first kappa shape index (κ1) is 16.0. The van der Waals surface area contributed by atoms with Crippen LogP contribution in [0.1, 0.15) is 22.5 Å². The van der Waals surface area contributed by atoms with Gasteiger partial charge in [0.1, 0.15) is 0 Å². The third kappa shape index (κ3) is 2.48. The second-order valence-electron chi connectivity index (χ2n) is 7.00. The number of amides is 1. The molecule has 1 aromatic heterocycles. The van der Waals surface area contributed by atoms with Gasteiger partial charge in [-0.1, -0.05) is 18.2 Å². The van der Waals surface area contributed by atoms with Crippen LogP contribution in [0, 0.1) is 18.3 Å². The number of rotatable bonds is 2. The smallest absolute Gasteiger partial charge is 0.311 e. The third-order valence-electron chi connectivity index (χ3n) is 5.49. The Morgan fingerprint density at radius 2 is 2.16 bits per heavy atom. The number of carboxylic acid groups (broad SMARTS) is 1. The number of hydrogen-bond acceptors (Lipinski definition) is 4. The number of para-hydroxylation sites is 1. The van der Waals surface area contributed by atoms with Crippen molar-refractivity contribution in [1.29, 1.82) is 0 Å². The summed E-state index contributed by atoms with van der Waals surface area (Å²) in [4.78, 5) is 31.3. The van der Waals surface area contributed by atoms with Gasteiger partial charge in [-0.25, -0.2) is 0 Å². The Bertz CT molecular complexity index is 866. The van der Waals surface area contributed by atoms with E-state index in [1.807, 2.05) is 31.2 Å². The van der Waals surface area contributed by atoms with Gasteiger partial charge in [0.15, 0.2) is 0 Å². The van der Waals surface area contributed by atoms with Crippen LogP contribution in [0.15, 0.2) is 30.3 Å². The normalized spacial score (nSPS) is 25.8. The van der Waals surface area contributed by atoms with Crippen molar-refractivity contribution in [2.24, 2.45) is 11.3 Å². The van der Waals surface area contributed by atoms with E-state index < -0.39 is 11.4 Å². The number of benzene rings is 1. The lowest BCUT2D eigenvalue weighted by molar-refractivity contribution is -0.157. The maximum Gasteiger partial charge on any atom is 0.311 e. The fraction of sp³-hybridized carbons (Fsp3) is 0.421. The summed E-state index contributed by atoms with van der Waals surface area (Å²) in [6, 6.07) is 9.33. The molecule has 25 heavy (non-hydrogen) atoms. The number of carbonyl (C=O) groups is 2. The first-order chi connectivity index (χ1) is 12.0. The van der Waals surface area contributed by atoms with Crippen molar-refractivity contribution < 1.29 is 19.4 Å². The van der Waals surface area contributed by atoms with Crippen LogP contribution >= 0.6 is 0 Å². The van der Waals surface area contributed by atoms with E-state index in [1.54, 1.807) is 11.0 Å². The summed E-state index contributed by atoms with van der Waals surface area (Å²) in [5.74, 6) is -1.11. The number of fused-ring (bicyclic) bond motifs is 2. The molecule has 1 aromatic carbocycles. The van der Waals surface area contributed by atoms with Gasteiger partial charge in [-0.15, -0.1) is 0 Å². The molecule has 0 aliphatic carbocycles. The highest BCUT2D eigenvalue weighted by Gasteiger charge is 2.55. The molecule has 6 nitrogen and oxygen atoms in total. The fourth-order valence-corrected chi connectivity index (χ4v) is 4.11. The quantitative estimate of drug-likeness (QED) is 0.906. The zero-order chi connectivity index (χ0) is 17.6. The Morgan fingerprint density at radius 3 is 2.92 bits per heavy atom. The highest BCUT2D eigenvalue weighted by atomic mass is 16.5. The molecule has 2 saturated heterocycles. The summed E-state index contributed by atoms with van der Waals surface area (Å²) in [7, 11) is 0. The second-order valence-corrected chi connectivity index (χ2v) is 7.00. The molecule has 130 valence electrons. The van der Waals surface area contributed by atoms with E-state index in [4.69, 9.17) is 4.74 Å². The minimum Gasteiger partial charge on any atom is -0.481 e. The first-order valence-corrected chi connectivity index (χ1v) is 8.48. The number of carboxylic acids is 1. The molecule has 0 bridgehead atoms. The number of nitrogens with zero attached hydrogens (tertiary/aromatic N) is 2. The monoisotopic (exact) mass is 340 g/mol. The predicted molar refractivity (Wildman–Crippen MR) is 91.4 cm³/mol. The van der Waals surface area contributed by atoms with Crippen LogP contribution in [0.3, 0.4) is 0 Å². The summed E-state index contributed by atoms with van der Waals surface area (Å²) in [6.07, 6.45) is 0.451. The van der Waals surface area contributed by atoms with Gasteiger partial charge in [-0.2, -0.15) is 0 Å². The Balaban J connectivity index is 1.72. The van der Waals surface area contributed by atoms with E-state index >= 15 is 0 Å². The minimum atomic E-state index is -0.883. The summed E-state index contributed by atoms with van der Waals surface area (Å²) >= 11 is 0. The summed E-state index contributed by atoms with van der Waals surface area (Å²) in [6.45, 7) is 3.35. The number of aromatic nitrogens is 1. The van der Waals surface area contributed by atoms with Gasteiger partial charge in [-0.05, 0) is 25.5 Å². The molecule has 1 N–H and O–H groups in total. The Kier molecular flexibility index (Phi) is 3.72. The molecule has 0 saturated carbocycles. The van der Waals surface area contributed by atoms with Crippen molar-refractivity contribution >= 4 is 22.8 Å². The molecule has 2 fully saturated rings. The van der Waals surface area contributed by atoms with Crippen molar-refractivity contribution in [3.8, 4) is 0 Å². The number of aliphatic carboxylic acids is 1. The van der Waals surface area contributed by atoms with Gasteiger partial charge in [0.2, 0.25) is 0 Å². The van der Waals surface area contributed by atoms with Crippen molar-refractivity contribution in [1.82, 2.24) is 9.88 Å². The SMILES string of the molecule is Cc1cc(C(=O)N2C[C@H]3COCC[C@@]3(C(=O)O)C2)c2ccccc2n1. The number of carbonyl (C=O) groups excluding carboxylic acids is 1. The third-order valence-corrected chi connectivity index (χ3v) is 5.49. The van der Waals surface area contributed by atoms with Gasteiger partial charge >= 0.3 is 5.97 Å². The predicted octanol–water partition coefficient (Wildman–Crippen LogP) is 2.11. The van der Waals surface area contributed by atoms with Crippen LogP contribution in [0.2, 0.25) is 0 Å². The maximum atomic E-state index is 13.2. The zero-order valence-corrected chi connectivity index (χ0v) is 14.1. The molecular weight excluding hydrogens is 320 g/mol. The number of ether oxygens (including phenoxy) is 1. The van der Waals surface area contributed by atoms with E-state index in [0.29, 0.717) is 31.7 Å². The van der Waals surface area contributed by atoms with Crippen LogP contribution in [-0.2, 0) is 9.53 Å². The average molecular weight is 340 g/mol. The van der Waals surface area contributed by atoms with E-state index in [1.165, 1.54) is 0 Å². The molecule has 4 rings (SSSR count). The molecular formula is C19H20N2O4. The van der Waals surface area contributed by atoms with Crippen molar-refractivity contribution in [2.75, 3.05) is 26.3 Å². The van der Waals surface area contributed by atoms with E-state index in [2.05, 4.69) is 4.98 Å². The van der Waals surface area contributed by atoms with Gasteiger partial charge in [-0.3, -0.25) is 14.6 Å². The van der Waals surface area contributed by atoms with Crippen LogP contribution in [0.5, 0.6) is 0 Å². The van der Waals surface area contributed by atoms with Gasteiger partial charge in [0.05, 0.1) is 23.1 Å². The van der Waals surface area contributed by atoms with Gasteiger partial charge in [0.25, 0.3) is 5.91 Å². The van der Waals surface area contributed by atoms with Crippen LogP contribution in [0.4, 0.5) is 0 Å². The van der Waals surface area contributed by atoms with E-state index in [0.717, 1.165) is 16.6 Å². The highest BCUT2D eigenvalue weighted by molar-refractivity contribution is 6.06. The molecule has 2 atom stereocenters. The molecule has 6 heteroatoms. The standard InChI is InChI=1S/C19H20N2O4/c1-12-8-15(14-4-2-3-5-16(14)20-12)17(22)21-9-13-10-25-7-6-19(13,11-21)18(23)24/h2-5,8,13H,6-7,9-11H2,1H3,(H,23,24)/t13-,19+/m0/s1. The summed E-state index contributed by atoms with van der Waals surface area (Å²) < 4.78 is 5.47. The summed E-state index contributed by atoms with van der Waals surface area (Å²) in [5, 5.41) is 10.6. The Hall–Kier alpha value is -2.47. The molecule has 2 aliphatic rings. The molecule has 0 radical (unpaired) electrons. The fourth-order valence-electron chi connectivity index (χ4n) is 4.11. The number of hydrogen-bond donors (Lipinski definition) is 1. The first-order valence-electron chi connectivity index (χ1n) is 8.48. The van der Waals surface area contributed by atoms with Crippen LogP contribution in [-0.4, -0.2) is 53.2 Å². The molecule has 2 aromatic rings. The molecule has 1 amide bonds. The largest absolute Gasteiger partial charge is 0.481 e. The zero-order valence-electron chi connectivity index (χ0n) is 14.1. The Morgan fingerprint density at radius 1 is 1.36 bits per heavy atom. The highest BCUT2D eigenvalue weighted by Crippen LogP contribution is 2.43. The summed E-state index contributed by atoms with van der Waals surface area (Å²) in [5.41, 5.74) is 1.25. The average Bonchev–Trinajstić information content (AvgIpc) is 3.01. The van der Waals surface area contributed by atoms with Crippen LogP contribution < -0.4 is 0 Å². The molecule has 0 spiro atoms. The van der Waals surface area contributed by atoms with Crippen molar-refractivity contribution in [2.45, 2.75) is 13.3 Å². The van der Waals surface area contributed by atoms with Crippen LogP contribution in [0.25, 0.3) is 10.9 Å². The van der Waals surface area contributed by atoms with Gasteiger partial charge in [0, 0.05) is 36.7 Å². The minimum absolute atomic E-state index is 0.128. The van der Waals surface area contributed by atoms with E-state index in [-0.39, 0.29) is 18.4 Å². The Labute approximate surface area is 145 Å². The number of aryl methyl sites for hydroxylation is 1. The van der Waals surface area contributed by atoms with Crippen molar-refractivity contribution in [3.63, 3.8) is 0 Å².